The van der Waals surface area contributed by atoms with E-state index in [0.717, 1.165) is 12.8 Å². The van der Waals surface area contributed by atoms with Crippen LogP contribution < -0.4 is 0 Å². The Morgan fingerprint density at radius 2 is 1.26 bits per heavy atom. The van der Waals surface area contributed by atoms with E-state index in [2.05, 4.69) is 27.7 Å². The Balaban J connectivity index is 0.000000215. The fourth-order valence-electron chi connectivity index (χ4n) is 9.09. The molecule has 0 aromatic heterocycles. The fraction of sp³-hybridized carbons (Fsp3) is 0.861. The Labute approximate surface area is 279 Å². The second-order valence-electron chi connectivity index (χ2n) is 16.2. The number of hydrogen-bond acceptors (Lipinski definition) is 10. The first-order valence-electron chi connectivity index (χ1n) is 17.5. The van der Waals surface area contributed by atoms with E-state index < -0.39 is 53.6 Å². The van der Waals surface area contributed by atoms with Gasteiger partial charge in [-0.25, -0.2) is 0 Å². The van der Waals surface area contributed by atoms with Crippen LogP contribution >= 0.6 is 0 Å². The van der Waals surface area contributed by atoms with E-state index in [9.17, 15) is 29.1 Å². The van der Waals surface area contributed by atoms with Gasteiger partial charge in [-0.2, -0.15) is 0 Å². The van der Waals surface area contributed by atoms with Crippen molar-refractivity contribution >= 4 is 29.8 Å². The van der Waals surface area contributed by atoms with Crippen LogP contribution in [0.15, 0.2) is 0 Å². The molecule has 47 heavy (non-hydrogen) atoms. The third-order valence-corrected chi connectivity index (χ3v) is 11.6. The standard InChI is InChI=1S/C19H28O6.C17H28O5/c1-9-10(2)13-7-12(9)15(16(13)18(22)25-19(3,4)5)17(21)24-11-6-14(20)23-8-11;1-8(2)7-21-11(5)22-17(20)15-13-6-12(9(3)10(13)4)14(15)16(18)19/h9-13,15-16H,6-8H2,1-5H3;8-15H,6-7H2,1-5H3,(H,18,19). The Morgan fingerprint density at radius 1 is 0.787 bits per heavy atom. The number of carbonyl (C=O) groups excluding carboxylic acids is 4. The van der Waals surface area contributed by atoms with Gasteiger partial charge in [-0.15, -0.1) is 0 Å². The minimum Gasteiger partial charge on any atom is -0.481 e. The second-order valence-corrected chi connectivity index (χ2v) is 16.2. The maximum absolute atomic E-state index is 12.8. The summed E-state index contributed by atoms with van der Waals surface area (Å²) in [5, 5.41) is 9.53. The molecule has 4 bridgehead atoms. The monoisotopic (exact) mass is 664 g/mol. The molecule has 5 fully saturated rings. The van der Waals surface area contributed by atoms with Crippen molar-refractivity contribution in [2.45, 2.75) is 106 Å². The molecule has 4 saturated carbocycles. The van der Waals surface area contributed by atoms with Gasteiger partial charge in [0.05, 0.1) is 36.7 Å². The number of esters is 4. The number of ether oxygens (including phenoxy) is 5. The Hall–Kier alpha value is -2.69. The molecule has 5 rings (SSSR count). The van der Waals surface area contributed by atoms with Crippen LogP contribution in [0.5, 0.6) is 0 Å². The van der Waals surface area contributed by atoms with Crippen LogP contribution in [0.25, 0.3) is 0 Å². The molecule has 0 amide bonds. The summed E-state index contributed by atoms with van der Waals surface area (Å²) >= 11 is 0. The summed E-state index contributed by atoms with van der Waals surface area (Å²) in [4.78, 5) is 61.0. The van der Waals surface area contributed by atoms with Gasteiger partial charge >= 0.3 is 29.8 Å². The number of carbonyl (C=O) groups is 5. The van der Waals surface area contributed by atoms with Gasteiger partial charge in [0.1, 0.15) is 18.3 Å². The molecule has 0 spiro atoms. The first-order valence-corrected chi connectivity index (χ1v) is 17.5. The number of rotatable bonds is 9. The van der Waals surface area contributed by atoms with Crippen LogP contribution in [0.4, 0.5) is 0 Å². The number of hydrogen-bond donors (Lipinski definition) is 1. The number of carboxylic acids is 1. The molecule has 0 aromatic rings. The largest absolute Gasteiger partial charge is 0.481 e. The summed E-state index contributed by atoms with van der Waals surface area (Å²) in [6.07, 6.45) is 0.601. The summed E-state index contributed by atoms with van der Waals surface area (Å²) in [5.41, 5.74) is -0.589. The van der Waals surface area contributed by atoms with Gasteiger partial charge in [-0.05, 0) is 93.8 Å². The lowest BCUT2D eigenvalue weighted by Crippen LogP contribution is -2.44. The SMILES string of the molecule is CC(C)COC(C)OC(=O)C1C2CC(C(C)C2C)C1C(=O)O.CC1C(C)C2CC1C(C(=O)OC1COC(=O)C1)C2C(=O)OC(C)(C)C. The highest BCUT2D eigenvalue weighted by atomic mass is 16.7. The predicted octanol–water partition coefficient (Wildman–Crippen LogP) is 5.13. The zero-order valence-corrected chi connectivity index (χ0v) is 29.7. The molecule has 0 radical (unpaired) electrons. The summed E-state index contributed by atoms with van der Waals surface area (Å²) in [6, 6.07) is 0. The Bertz CT molecular complexity index is 1190. The Morgan fingerprint density at radius 3 is 1.68 bits per heavy atom. The van der Waals surface area contributed by atoms with Gasteiger partial charge in [-0.1, -0.05) is 41.5 Å². The van der Waals surface area contributed by atoms with Gasteiger partial charge < -0.3 is 28.8 Å². The number of cyclic esters (lactones) is 1. The van der Waals surface area contributed by atoms with Crippen LogP contribution in [0.1, 0.15) is 88.5 Å². The zero-order valence-electron chi connectivity index (χ0n) is 29.7. The van der Waals surface area contributed by atoms with E-state index in [1.807, 2.05) is 34.6 Å². The maximum atomic E-state index is 12.8. The summed E-state index contributed by atoms with van der Waals surface area (Å²) in [5.74, 6) is -2.11. The predicted molar refractivity (Wildman–Crippen MR) is 169 cm³/mol. The minimum atomic E-state index is -0.871. The van der Waals surface area contributed by atoms with Crippen molar-refractivity contribution in [1.29, 1.82) is 0 Å². The molecule has 1 saturated heterocycles. The molecule has 1 N–H and O–H groups in total. The summed E-state index contributed by atoms with van der Waals surface area (Å²) in [6.45, 7) is 20.4. The highest BCUT2D eigenvalue weighted by molar-refractivity contribution is 5.85. The van der Waals surface area contributed by atoms with E-state index in [1.54, 1.807) is 6.92 Å². The summed E-state index contributed by atoms with van der Waals surface area (Å²) < 4.78 is 26.8. The zero-order chi connectivity index (χ0) is 35.1. The van der Waals surface area contributed by atoms with Gasteiger partial charge in [-0.3, -0.25) is 24.0 Å². The average Bonchev–Trinajstić information content (AvgIpc) is 3.76. The molecule has 11 heteroatoms. The number of fused-ring (bicyclic) bond motifs is 4. The van der Waals surface area contributed by atoms with E-state index in [-0.39, 0.29) is 54.6 Å². The van der Waals surface area contributed by atoms with Gasteiger partial charge in [0, 0.05) is 0 Å². The highest BCUT2D eigenvalue weighted by Crippen LogP contribution is 2.60. The van der Waals surface area contributed by atoms with Crippen molar-refractivity contribution in [2.75, 3.05) is 13.2 Å². The van der Waals surface area contributed by atoms with E-state index in [4.69, 9.17) is 23.7 Å². The van der Waals surface area contributed by atoms with Crippen LogP contribution in [0, 0.1) is 76.9 Å². The van der Waals surface area contributed by atoms with Crippen molar-refractivity contribution < 1.29 is 52.8 Å². The van der Waals surface area contributed by atoms with Crippen molar-refractivity contribution in [3.05, 3.63) is 0 Å². The molecule has 266 valence electrons. The third-order valence-electron chi connectivity index (χ3n) is 11.6. The quantitative estimate of drug-likeness (QED) is 0.198. The minimum absolute atomic E-state index is 0.0851. The van der Waals surface area contributed by atoms with Crippen molar-refractivity contribution in [2.24, 2.45) is 76.9 Å². The lowest BCUT2D eigenvalue weighted by Gasteiger charge is -2.37. The molecule has 4 aliphatic carbocycles. The number of carboxylic acid groups (broad SMARTS) is 1. The van der Waals surface area contributed by atoms with Gasteiger partial charge in [0.25, 0.3) is 0 Å². The molecule has 1 aliphatic heterocycles. The topological polar surface area (TPSA) is 152 Å². The number of aliphatic carboxylic acids is 1. The molecule has 11 nitrogen and oxygen atoms in total. The fourth-order valence-corrected chi connectivity index (χ4v) is 9.09. The van der Waals surface area contributed by atoms with Crippen LogP contribution in [-0.2, 0) is 47.7 Å². The van der Waals surface area contributed by atoms with Gasteiger partial charge in [0.15, 0.2) is 6.29 Å². The molecule has 1 heterocycles. The molecule has 14 unspecified atom stereocenters. The molecular weight excluding hydrogens is 608 g/mol. The molecular formula is C36H56O11. The van der Waals surface area contributed by atoms with Crippen LogP contribution in [0.2, 0.25) is 0 Å². The lowest BCUT2D eigenvalue weighted by molar-refractivity contribution is -0.188. The smallest absolute Gasteiger partial charge is 0.312 e. The van der Waals surface area contributed by atoms with Crippen LogP contribution in [-0.4, -0.2) is 66.2 Å². The van der Waals surface area contributed by atoms with E-state index >= 15 is 0 Å². The van der Waals surface area contributed by atoms with Crippen molar-refractivity contribution in [1.82, 2.24) is 0 Å². The molecule has 14 atom stereocenters. The lowest BCUT2D eigenvalue weighted by atomic mass is 9.69. The Kier molecular flexibility index (Phi) is 11.4. The van der Waals surface area contributed by atoms with E-state index in [1.165, 1.54) is 0 Å². The second kappa shape index (κ2) is 14.4. The van der Waals surface area contributed by atoms with E-state index in [0.29, 0.717) is 36.2 Å². The third kappa shape index (κ3) is 7.97. The van der Waals surface area contributed by atoms with Gasteiger partial charge in [0.2, 0.25) is 0 Å². The van der Waals surface area contributed by atoms with Crippen molar-refractivity contribution in [3.8, 4) is 0 Å². The highest BCUT2D eigenvalue weighted by Gasteiger charge is 2.62. The first kappa shape index (κ1) is 37.1. The summed E-state index contributed by atoms with van der Waals surface area (Å²) in [7, 11) is 0. The molecule has 0 aromatic carbocycles. The first-order chi connectivity index (χ1) is 21.8. The normalized spacial score (nSPS) is 39.2. The maximum Gasteiger partial charge on any atom is 0.312 e. The molecule has 5 aliphatic rings. The average molecular weight is 665 g/mol. The van der Waals surface area contributed by atoms with Crippen LogP contribution in [0.3, 0.4) is 0 Å². The van der Waals surface area contributed by atoms with Crippen molar-refractivity contribution in [3.63, 3.8) is 0 Å².